The van der Waals surface area contributed by atoms with E-state index in [2.05, 4.69) is 5.32 Å². The van der Waals surface area contributed by atoms with Gasteiger partial charge in [0, 0.05) is 5.69 Å². The van der Waals surface area contributed by atoms with Crippen molar-refractivity contribution in [3.05, 3.63) is 77.4 Å². The Bertz CT molecular complexity index is 792. The highest BCUT2D eigenvalue weighted by Gasteiger charge is 2.30. The molecule has 1 aliphatic rings. The average molecular weight is 308 g/mol. The van der Waals surface area contributed by atoms with Gasteiger partial charge in [0.1, 0.15) is 18.0 Å². The summed E-state index contributed by atoms with van der Waals surface area (Å²) in [6, 6.07) is 16.8. The van der Waals surface area contributed by atoms with Crippen LogP contribution in [-0.4, -0.2) is 5.78 Å². The molecule has 23 heavy (non-hydrogen) atoms. The number of nitrogens with zero attached hydrogens (tertiary/aromatic N) is 1. The van der Waals surface area contributed by atoms with E-state index < -0.39 is 6.10 Å². The molecule has 5 heteroatoms. The number of allylic oxidation sites excluding steroid dienone is 1. The number of benzene rings is 2. The van der Waals surface area contributed by atoms with Crippen molar-refractivity contribution in [1.82, 2.24) is 0 Å². The Balaban J connectivity index is 1.90. The van der Waals surface area contributed by atoms with Gasteiger partial charge in [-0.15, -0.1) is 0 Å². The minimum atomic E-state index is -0.455. The summed E-state index contributed by atoms with van der Waals surface area (Å²) in [4.78, 5) is 12.2. The molecule has 1 unspecified atom stereocenters. The third kappa shape index (κ3) is 3.22. The number of nitrogens with one attached hydrogen (secondary N) is 1. The molecule has 0 fully saturated rings. The minimum absolute atomic E-state index is 0.0542. The van der Waals surface area contributed by atoms with Gasteiger partial charge in [-0.3, -0.25) is 4.79 Å². The number of carbonyl (C=O) groups excluding carboxylic acids is 1. The van der Waals surface area contributed by atoms with Gasteiger partial charge in [-0.1, -0.05) is 30.3 Å². The Hall–Kier alpha value is -3.13. The maximum absolute atomic E-state index is 13.0. The third-order valence-corrected chi connectivity index (χ3v) is 3.52. The lowest BCUT2D eigenvalue weighted by molar-refractivity contribution is -0.119. The van der Waals surface area contributed by atoms with Gasteiger partial charge in [-0.2, -0.15) is 5.26 Å². The van der Waals surface area contributed by atoms with Crippen molar-refractivity contribution >= 4 is 11.5 Å². The molecule has 1 atom stereocenters. The van der Waals surface area contributed by atoms with E-state index in [1.165, 1.54) is 24.3 Å². The first kappa shape index (κ1) is 14.8. The molecule has 1 heterocycles. The number of anilines is 1. The van der Waals surface area contributed by atoms with E-state index in [4.69, 9.17) is 4.74 Å². The number of ketones is 1. The molecule has 0 spiro atoms. The van der Waals surface area contributed by atoms with Crippen LogP contribution in [0.3, 0.4) is 0 Å². The fourth-order valence-corrected chi connectivity index (χ4v) is 2.36. The molecule has 1 aliphatic heterocycles. The van der Waals surface area contributed by atoms with Crippen LogP contribution in [0.25, 0.3) is 0 Å². The lowest BCUT2D eigenvalue weighted by Gasteiger charge is -2.26. The fourth-order valence-electron chi connectivity index (χ4n) is 2.36. The van der Waals surface area contributed by atoms with E-state index in [-0.39, 0.29) is 29.5 Å². The van der Waals surface area contributed by atoms with Crippen LogP contribution in [0.2, 0.25) is 0 Å². The number of rotatable bonds is 3. The van der Waals surface area contributed by atoms with Gasteiger partial charge in [-0.05, 0) is 29.8 Å². The number of carbonyl (C=O) groups is 1. The second kappa shape index (κ2) is 6.32. The quantitative estimate of drug-likeness (QED) is 0.939. The van der Waals surface area contributed by atoms with Crippen LogP contribution in [0, 0.1) is 17.1 Å². The van der Waals surface area contributed by atoms with Gasteiger partial charge in [0.2, 0.25) is 5.88 Å². The van der Waals surface area contributed by atoms with Crippen LogP contribution in [-0.2, 0) is 9.53 Å². The Morgan fingerprint density at radius 1 is 1.13 bits per heavy atom. The van der Waals surface area contributed by atoms with Crippen molar-refractivity contribution in [1.29, 1.82) is 5.26 Å². The van der Waals surface area contributed by atoms with Crippen LogP contribution < -0.4 is 5.32 Å². The fraction of sp³-hybridized carbons (Fsp3) is 0.111. The van der Waals surface area contributed by atoms with Gasteiger partial charge in [0.25, 0.3) is 0 Å². The second-order valence-electron chi connectivity index (χ2n) is 5.09. The lowest BCUT2D eigenvalue weighted by Crippen LogP contribution is -2.23. The van der Waals surface area contributed by atoms with E-state index >= 15 is 0 Å². The molecule has 2 aromatic carbocycles. The summed E-state index contributed by atoms with van der Waals surface area (Å²) < 4.78 is 18.8. The maximum Gasteiger partial charge on any atom is 0.213 e. The number of ether oxygens (including phenoxy) is 1. The number of hydrogen-bond acceptors (Lipinski definition) is 4. The molecular weight excluding hydrogens is 295 g/mol. The van der Waals surface area contributed by atoms with Crippen molar-refractivity contribution in [2.45, 2.75) is 12.5 Å². The standard InChI is InChI=1S/C18H13FN2O2/c19-13-6-8-14(9-7-13)21-18-15(11-20)16(22)10-17(23-18)12-4-2-1-3-5-12/h1-9,17,21H,10H2. The Labute approximate surface area is 132 Å². The molecule has 4 nitrogen and oxygen atoms in total. The molecule has 0 aromatic heterocycles. The van der Waals surface area contributed by atoms with E-state index in [1.54, 1.807) is 0 Å². The molecule has 2 aromatic rings. The summed E-state index contributed by atoms with van der Waals surface area (Å²) in [5.41, 5.74) is 1.34. The van der Waals surface area contributed by atoms with Crippen LogP contribution in [0.4, 0.5) is 10.1 Å². The smallest absolute Gasteiger partial charge is 0.213 e. The topological polar surface area (TPSA) is 62.1 Å². The number of hydrogen-bond donors (Lipinski definition) is 1. The van der Waals surface area contributed by atoms with Gasteiger partial charge >= 0.3 is 0 Å². The average Bonchev–Trinajstić information content (AvgIpc) is 2.57. The summed E-state index contributed by atoms with van der Waals surface area (Å²) in [6.07, 6.45) is -0.342. The summed E-state index contributed by atoms with van der Waals surface area (Å²) in [5, 5.41) is 12.1. The number of nitriles is 1. The van der Waals surface area contributed by atoms with Crippen LogP contribution >= 0.6 is 0 Å². The first-order valence-electron chi connectivity index (χ1n) is 7.09. The SMILES string of the molecule is N#CC1=C(Nc2ccc(F)cc2)OC(c2ccccc2)CC1=O. The first-order chi connectivity index (χ1) is 11.2. The minimum Gasteiger partial charge on any atom is -0.469 e. The van der Waals surface area contributed by atoms with Crippen LogP contribution in [0.5, 0.6) is 0 Å². The number of Topliss-reactive ketones (excluding diaryl/α,β-unsaturated/α-hetero) is 1. The Kier molecular flexibility index (Phi) is 4.07. The van der Waals surface area contributed by atoms with Crippen molar-refractivity contribution in [2.75, 3.05) is 5.32 Å². The van der Waals surface area contributed by atoms with E-state index in [0.29, 0.717) is 5.69 Å². The molecule has 0 saturated heterocycles. The number of halogens is 1. The molecule has 0 bridgehead atoms. The van der Waals surface area contributed by atoms with Crippen molar-refractivity contribution in [3.63, 3.8) is 0 Å². The molecule has 0 aliphatic carbocycles. The zero-order chi connectivity index (χ0) is 16.2. The Morgan fingerprint density at radius 2 is 1.83 bits per heavy atom. The molecule has 1 N–H and O–H groups in total. The lowest BCUT2D eigenvalue weighted by atomic mass is 9.98. The van der Waals surface area contributed by atoms with Gasteiger partial charge < -0.3 is 10.1 Å². The molecular formula is C18H13FN2O2. The first-order valence-corrected chi connectivity index (χ1v) is 7.09. The van der Waals surface area contributed by atoms with Crippen molar-refractivity contribution in [2.24, 2.45) is 0 Å². The molecule has 114 valence electrons. The molecule has 0 amide bonds. The summed E-state index contributed by atoms with van der Waals surface area (Å²) in [5.74, 6) is -0.547. The highest BCUT2D eigenvalue weighted by atomic mass is 19.1. The maximum atomic E-state index is 13.0. The van der Waals surface area contributed by atoms with Crippen molar-refractivity contribution in [3.8, 4) is 6.07 Å². The molecule has 0 saturated carbocycles. The zero-order valence-electron chi connectivity index (χ0n) is 12.1. The van der Waals surface area contributed by atoms with Crippen LogP contribution in [0.1, 0.15) is 18.1 Å². The van der Waals surface area contributed by atoms with Gasteiger partial charge in [-0.25, -0.2) is 4.39 Å². The highest BCUT2D eigenvalue weighted by Crippen LogP contribution is 2.32. The largest absolute Gasteiger partial charge is 0.469 e. The third-order valence-electron chi connectivity index (χ3n) is 3.52. The summed E-state index contributed by atoms with van der Waals surface area (Å²) in [7, 11) is 0. The molecule has 3 rings (SSSR count). The predicted molar refractivity (Wildman–Crippen MR) is 82.6 cm³/mol. The van der Waals surface area contributed by atoms with Crippen LogP contribution in [0.15, 0.2) is 66.1 Å². The second-order valence-corrected chi connectivity index (χ2v) is 5.09. The predicted octanol–water partition coefficient (Wildman–Crippen LogP) is 3.70. The van der Waals surface area contributed by atoms with Gasteiger partial charge in [0.05, 0.1) is 6.42 Å². The zero-order valence-corrected chi connectivity index (χ0v) is 12.1. The molecule has 0 radical (unpaired) electrons. The van der Waals surface area contributed by atoms with E-state index in [9.17, 15) is 14.4 Å². The monoisotopic (exact) mass is 308 g/mol. The highest BCUT2D eigenvalue weighted by molar-refractivity contribution is 6.01. The van der Waals surface area contributed by atoms with E-state index in [0.717, 1.165) is 5.56 Å². The normalized spacial score (nSPS) is 17.4. The summed E-state index contributed by atoms with van der Waals surface area (Å²) in [6.45, 7) is 0. The van der Waals surface area contributed by atoms with Gasteiger partial charge in [0.15, 0.2) is 11.4 Å². The van der Waals surface area contributed by atoms with Crippen molar-refractivity contribution < 1.29 is 13.9 Å². The Morgan fingerprint density at radius 3 is 2.48 bits per heavy atom. The van der Waals surface area contributed by atoms with E-state index in [1.807, 2.05) is 36.4 Å². The summed E-state index contributed by atoms with van der Waals surface area (Å²) >= 11 is 0.